The van der Waals surface area contributed by atoms with Crippen molar-refractivity contribution in [1.29, 1.82) is 0 Å². The van der Waals surface area contributed by atoms with E-state index in [1.165, 1.54) is 13.3 Å². The zero-order valence-corrected chi connectivity index (χ0v) is 27.4. The zero-order valence-electron chi connectivity index (χ0n) is 25.9. The van der Waals surface area contributed by atoms with Gasteiger partial charge in [0.15, 0.2) is 16.0 Å². The van der Waals surface area contributed by atoms with Crippen molar-refractivity contribution in [3.05, 3.63) is 101 Å². The van der Waals surface area contributed by atoms with Crippen LogP contribution in [0.15, 0.2) is 73.0 Å². The van der Waals surface area contributed by atoms with E-state index in [1.807, 2.05) is 53.5 Å². The van der Waals surface area contributed by atoms with Crippen molar-refractivity contribution in [2.75, 3.05) is 38.6 Å². The molecule has 3 aromatic rings. The number of pyridine rings is 2. The minimum atomic E-state index is -1.71. The lowest BCUT2D eigenvalue weighted by Gasteiger charge is -2.44. The largest absolute Gasteiger partial charge is 0.481 e. The minimum Gasteiger partial charge on any atom is -0.481 e. The van der Waals surface area contributed by atoms with E-state index in [0.717, 1.165) is 17.5 Å². The first-order valence-corrected chi connectivity index (χ1v) is 16.2. The second-order valence-corrected chi connectivity index (χ2v) is 13.1. The first kappa shape index (κ1) is 32.9. The molecule has 4 heterocycles. The summed E-state index contributed by atoms with van der Waals surface area (Å²) >= 11 is 14.8. The second-order valence-electron chi connectivity index (χ2n) is 11.8. The van der Waals surface area contributed by atoms with Gasteiger partial charge in [-0.05, 0) is 35.8 Å². The molecule has 2 fully saturated rings. The highest BCUT2D eigenvalue weighted by atomic mass is 35.5. The maximum absolute atomic E-state index is 16.3. The molecule has 246 valence electrons. The molecule has 10 nitrogen and oxygen atoms in total. The minimum absolute atomic E-state index is 0.0589. The van der Waals surface area contributed by atoms with Gasteiger partial charge < -0.3 is 26.0 Å². The van der Waals surface area contributed by atoms with Gasteiger partial charge in [0.25, 0.3) is 0 Å². The molecule has 0 spiro atoms. The van der Waals surface area contributed by atoms with Crippen molar-refractivity contribution in [3.63, 3.8) is 0 Å². The Morgan fingerprint density at radius 3 is 2.68 bits per heavy atom. The van der Waals surface area contributed by atoms with Crippen LogP contribution in [0.4, 0.5) is 10.2 Å². The Kier molecular flexibility index (Phi) is 9.79. The third kappa shape index (κ3) is 6.85. The zero-order chi connectivity index (χ0) is 33.0. The van der Waals surface area contributed by atoms with Gasteiger partial charge in [0, 0.05) is 62.5 Å². The average molecular weight is 681 g/mol. The molecular weight excluding hydrogens is 644 g/mol. The van der Waals surface area contributed by atoms with E-state index in [0.29, 0.717) is 55.3 Å². The van der Waals surface area contributed by atoms with Gasteiger partial charge in [-0.25, -0.2) is 14.4 Å². The van der Waals surface area contributed by atoms with Crippen molar-refractivity contribution in [3.8, 4) is 5.88 Å². The molecular formula is C34H36Cl2FN7O3. The lowest BCUT2D eigenvalue weighted by atomic mass is 9.79. The number of ether oxygens (including phenoxy) is 1. The lowest BCUT2D eigenvalue weighted by Crippen LogP contribution is -2.51. The van der Waals surface area contributed by atoms with Crippen LogP contribution in [0.3, 0.4) is 0 Å². The van der Waals surface area contributed by atoms with Crippen molar-refractivity contribution in [2.24, 2.45) is 0 Å². The number of anilines is 1. The fourth-order valence-corrected chi connectivity index (χ4v) is 6.95. The number of benzene rings is 1. The van der Waals surface area contributed by atoms with Crippen LogP contribution in [-0.2, 0) is 28.2 Å². The summed E-state index contributed by atoms with van der Waals surface area (Å²) in [7, 11) is 1.53. The molecule has 2 aromatic heterocycles. The van der Waals surface area contributed by atoms with Crippen molar-refractivity contribution in [1.82, 2.24) is 30.8 Å². The van der Waals surface area contributed by atoms with Gasteiger partial charge in [0.2, 0.25) is 17.7 Å². The fraction of sp³-hybridized carbons (Fsp3) is 0.353. The predicted molar refractivity (Wildman–Crippen MR) is 179 cm³/mol. The van der Waals surface area contributed by atoms with E-state index in [2.05, 4.69) is 26.3 Å². The Hall–Kier alpha value is -4.03. The Labute approximate surface area is 282 Å². The molecule has 47 heavy (non-hydrogen) atoms. The molecule has 2 aliphatic heterocycles. The van der Waals surface area contributed by atoms with Gasteiger partial charge >= 0.3 is 0 Å². The van der Waals surface area contributed by atoms with Gasteiger partial charge in [-0.15, -0.1) is 0 Å². The molecule has 2 saturated heterocycles. The number of piperazine rings is 1. The topological polar surface area (TPSA) is 121 Å². The third-order valence-corrected chi connectivity index (χ3v) is 9.65. The number of alkyl halides is 2. The number of nitrogens with zero attached hydrogens (tertiary/aromatic N) is 3. The first-order chi connectivity index (χ1) is 22.7. The van der Waals surface area contributed by atoms with Gasteiger partial charge in [-0.3, -0.25) is 14.5 Å². The monoisotopic (exact) mass is 679 g/mol. The van der Waals surface area contributed by atoms with Crippen LogP contribution in [0.5, 0.6) is 5.88 Å². The summed E-state index contributed by atoms with van der Waals surface area (Å²) < 4.78 is 20.3. The molecule has 2 unspecified atom stereocenters. The highest BCUT2D eigenvalue weighted by Gasteiger charge is 2.55. The van der Waals surface area contributed by atoms with Crippen molar-refractivity contribution < 1.29 is 18.7 Å². The van der Waals surface area contributed by atoms with Gasteiger partial charge in [0.05, 0.1) is 19.3 Å². The summed E-state index contributed by atoms with van der Waals surface area (Å²) in [6.45, 7) is 2.53. The molecule has 0 radical (unpaired) electrons. The molecule has 2 amide bonds. The SMILES string of the molecule is COc1nc(C2(Nc3nccc(CN4CCNC(=O)C4)c3F)C=CC=C(c3ccccc3)C2(Cl)Cl)ccc1CNCC1CCC(=O)N1. The number of halogens is 3. The molecule has 0 bridgehead atoms. The number of carbonyl (C=O) groups is 2. The number of hydrogen-bond acceptors (Lipinski definition) is 8. The summed E-state index contributed by atoms with van der Waals surface area (Å²) in [5, 5.41) is 12.4. The predicted octanol–water partition coefficient (Wildman–Crippen LogP) is 4.06. The van der Waals surface area contributed by atoms with E-state index in [1.54, 1.807) is 18.2 Å². The smallest absolute Gasteiger partial charge is 0.234 e. The molecule has 1 aromatic carbocycles. The number of methoxy groups -OCH3 is 1. The van der Waals surface area contributed by atoms with Crippen LogP contribution in [-0.4, -0.2) is 70.3 Å². The maximum atomic E-state index is 16.3. The number of nitrogens with one attached hydrogen (secondary N) is 4. The highest BCUT2D eigenvalue weighted by Crippen LogP contribution is 2.54. The van der Waals surface area contributed by atoms with Gasteiger partial charge in [0.1, 0.15) is 5.54 Å². The Morgan fingerprint density at radius 1 is 1.11 bits per heavy atom. The fourth-order valence-electron chi connectivity index (χ4n) is 6.19. The normalized spacial score (nSPS) is 22.4. The van der Waals surface area contributed by atoms with Crippen LogP contribution >= 0.6 is 23.2 Å². The number of aromatic nitrogens is 2. The molecule has 1 aliphatic carbocycles. The Bertz CT molecular complexity index is 1700. The van der Waals surface area contributed by atoms with Crippen LogP contribution in [0.2, 0.25) is 0 Å². The second kappa shape index (κ2) is 14.0. The quantitative estimate of drug-likeness (QED) is 0.224. The number of hydrogen-bond donors (Lipinski definition) is 4. The summed E-state index contributed by atoms with van der Waals surface area (Å²) in [5.41, 5.74) is 1.37. The van der Waals surface area contributed by atoms with E-state index in [-0.39, 0.29) is 36.8 Å². The Balaban J connectivity index is 1.36. The number of allylic oxidation sites excluding steroid dienone is 2. The van der Waals surface area contributed by atoms with Crippen molar-refractivity contribution in [2.45, 2.75) is 41.8 Å². The molecule has 0 saturated carbocycles. The average Bonchev–Trinajstić information content (AvgIpc) is 3.48. The summed E-state index contributed by atoms with van der Waals surface area (Å²) in [6, 6.07) is 14.8. The van der Waals surface area contributed by atoms with Crippen LogP contribution in [0, 0.1) is 5.82 Å². The maximum Gasteiger partial charge on any atom is 0.234 e. The van der Waals surface area contributed by atoms with Crippen LogP contribution in [0.1, 0.15) is 35.2 Å². The van der Waals surface area contributed by atoms with Gasteiger partial charge in [-0.2, -0.15) is 0 Å². The summed E-state index contributed by atoms with van der Waals surface area (Å²) in [5.74, 6) is -0.362. The molecule has 4 N–H and O–H groups in total. The Morgan fingerprint density at radius 2 is 1.94 bits per heavy atom. The van der Waals surface area contributed by atoms with E-state index in [4.69, 9.17) is 32.9 Å². The molecule has 13 heteroatoms. The molecule has 3 aliphatic rings. The highest BCUT2D eigenvalue weighted by molar-refractivity contribution is 6.55. The first-order valence-electron chi connectivity index (χ1n) is 15.5. The summed E-state index contributed by atoms with van der Waals surface area (Å²) in [4.78, 5) is 34.7. The van der Waals surface area contributed by atoms with Crippen LogP contribution < -0.4 is 26.0 Å². The lowest BCUT2D eigenvalue weighted by molar-refractivity contribution is -0.124. The number of carbonyl (C=O) groups excluding carboxylic acids is 2. The van der Waals surface area contributed by atoms with Crippen LogP contribution in [0.25, 0.3) is 5.57 Å². The molecule has 6 rings (SSSR count). The number of amides is 2. The molecule has 2 atom stereocenters. The van der Waals surface area contributed by atoms with E-state index < -0.39 is 15.7 Å². The van der Waals surface area contributed by atoms with E-state index in [9.17, 15) is 9.59 Å². The third-order valence-electron chi connectivity index (χ3n) is 8.65. The van der Waals surface area contributed by atoms with E-state index >= 15 is 4.39 Å². The van der Waals surface area contributed by atoms with Crippen molar-refractivity contribution >= 4 is 46.4 Å². The summed E-state index contributed by atoms with van der Waals surface area (Å²) in [6.07, 6.45) is 8.22. The van der Waals surface area contributed by atoms with Gasteiger partial charge in [-0.1, -0.05) is 71.8 Å². The standard InChI is InChI=1S/C34H36Cl2FN7O3/c1-47-32-23(18-38-19-25-10-12-28(45)41-25)9-11-27(42-32)33(14-5-8-26(34(33,35)36)22-6-3-2-4-7-22)43-31-30(37)24(13-15-40-31)20-44-17-16-39-29(46)21-44/h2-9,11,13-15,25,38H,10,12,16-21H2,1H3,(H,39,46)(H,40,43)(H,41,45). The number of rotatable bonds is 11.